The molecule has 2 aliphatic carbocycles. The summed E-state index contributed by atoms with van der Waals surface area (Å²) in [5, 5.41) is 0. The maximum atomic E-state index is 2.48. The van der Waals surface area contributed by atoms with E-state index in [-0.39, 0.29) is 0 Å². The molecule has 0 nitrogen and oxygen atoms in total. The third-order valence-corrected chi connectivity index (χ3v) is 15.3. The molecule has 0 bridgehead atoms. The molecule has 0 spiro atoms. The van der Waals surface area contributed by atoms with E-state index in [9.17, 15) is 0 Å². The maximum absolute atomic E-state index is 2.48. The molecule has 0 aromatic heterocycles. The zero-order valence-corrected chi connectivity index (χ0v) is 18.8. The molecule has 0 atom stereocenters. The normalized spacial score (nSPS) is 32.0. The van der Waals surface area contributed by atoms with Crippen LogP contribution >= 0.6 is 0 Å². The van der Waals surface area contributed by atoms with E-state index in [2.05, 4.69) is 55.4 Å². The Labute approximate surface area is 121 Å². The van der Waals surface area contributed by atoms with Crippen molar-refractivity contribution in [2.24, 2.45) is 33.5 Å². The van der Waals surface area contributed by atoms with E-state index >= 15 is 0 Å². The number of hydrogen-bond acceptors (Lipinski definition) is 0. The van der Waals surface area contributed by atoms with Gasteiger partial charge in [-0.25, -0.2) is 0 Å². The minimum atomic E-state index is -0.598. The second-order valence-electron chi connectivity index (χ2n) is 8.92. The van der Waals surface area contributed by atoms with Gasteiger partial charge in [0.2, 0.25) is 0 Å². The summed E-state index contributed by atoms with van der Waals surface area (Å²) >= 11 is -0.598. The van der Waals surface area contributed by atoms with Gasteiger partial charge in [-0.15, -0.1) is 0 Å². The molecule has 0 aromatic rings. The van der Waals surface area contributed by atoms with Gasteiger partial charge < -0.3 is 0 Å². The number of rotatable bonds is 4. The van der Waals surface area contributed by atoms with Crippen molar-refractivity contribution in [3.63, 3.8) is 0 Å². The van der Waals surface area contributed by atoms with Gasteiger partial charge in [0.15, 0.2) is 0 Å². The van der Waals surface area contributed by atoms with Crippen LogP contribution in [0.2, 0.25) is 7.86 Å². The summed E-state index contributed by atoms with van der Waals surface area (Å²) in [6, 6.07) is 0. The fraction of sp³-hybridized carbons (Fsp3) is 1.00. The number of hydrogen-bond donors (Lipinski definition) is 0. The van der Waals surface area contributed by atoms with Crippen molar-refractivity contribution in [2.75, 3.05) is 0 Å². The van der Waals surface area contributed by atoms with E-state index in [0.29, 0.717) is 21.7 Å². The molecule has 0 amide bonds. The van der Waals surface area contributed by atoms with Gasteiger partial charge in [-0.3, -0.25) is 0 Å². The third kappa shape index (κ3) is 1.87. The Balaban J connectivity index is 1.77. The Morgan fingerprint density at radius 2 is 0.824 bits per heavy atom. The quantitative estimate of drug-likeness (QED) is 0.541. The Kier molecular flexibility index (Phi) is 3.15. The average Bonchev–Trinajstić information content (AvgIpc) is 2.70. The third-order valence-electron chi connectivity index (χ3n) is 7.62. The molecule has 17 heavy (non-hydrogen) atoms. The van der Waals surface area contributed by atoms with E-state index in [1.54, 1.807) is 7.86 Å². The Hall–Kier alpha value is 0.935. The van der Waals surface area contributed by atoms with Crippen molar-refractivity contribution in [1.82, 2.24) is 0 Å². The van der Waals surface area contributed by atoms with Crippen molar-refractivity contribution >= 4 is 0 Å². The summed E-state index contributed by atoms with van der Waals surface area (Å²) < 4.78 is 3.34. The zero-order valence-electron chi connectivity index (χ0n) is 13.3. The first kappa shape index (κ1) is 14.3. The summed E-state index contributed by atoms with van der Waals surface area (Å²) in [6.45, 7) is 19.9. The molecule has 2 aliphatic rings. The van der Waals surface area contributed by atoms with Gasteiger partial charge in [0, 0.05) is 0 Å². The van der Waals surface area contributed by atoms with Crippen LogP contribution in [-0.4, -0.2) is 0 Å². The molecule has 96 valence electrons. The minimum absolute atomic E-state index is 0.598. The molecular formula is C16H30Hg. The first-order valence-corrected chi connectivity index (χ1v) is 15.2. The van der Waals surface area contributed by atoms with Crippen LogP contribution in [0, 0.1) is 33.5 Å². The molecule has 2 rings (SSSR count). The van der Waals surface area contributed by atoms with E-state index in [1.165, 1.54) is 0 Å². The van der Waals surface area contributed by atoms with Crippen molar-refractivity contribution in [3.8, 4) is 0 Å². The van der Waals surface area contributed by atoms with Gasteiger partial charge in [-0.2, -0.15) is 0 Å². The molecule has 0 aliphatic heterocycles. The van der Waals surface area contributed by atoms with Crippen molar-refractivity contribution in [2.45, 2.75) is 63.2 Å². The fourth-order valence-electron chi connectivity index (χ4n) is 4.64. The van der Waals surface area contributed by atoms with Crippen LogP contribution in [0.1, 0.15) is 55.4 Å². The summed E-state index contributed by atoms with van der Waals surface area (Å²) in [7, 11) is 0. The second kappa shape index (κ2) is 3.73. The molecule has 2 saturated carbocycles. The van der Waals surface area contributed by atoms with Crippen molar-refractivity contribution in [1.29, 1.82) is 0 Å². The van der Waals surface area contributed by atoms with Gasteiger partial charge in [-0.1, -0.05) is 0 Å². The van der Waals surface area contributed by atoms with Gasteiger partial charge in [0.05, 0.1) is 0 Å². The predicted octanol–water partition coefficient (Wildman–Crippen LogP) is 5.27. The van der Waals surface area contributed by atoms with Gasteiger partial charge >= 0.3 is 121 Å². The Morgan fingerprint density at radius 1 is 0.588 bits per heavy atom. The standard InChI is InChI=1S/2C8H15.Hg/c2*1-6-7(2,3)8(6,4)5;/h2*6H,1H2,2-5H3;. The van der Waals surface area contributed by atoms with Crippen LogP contribution in [0.4, 0.5) is 0 Å². The Bertz CT molecular complexity index is 262. The molecular weight excluding hydrogens is 393 g/mol. The van der Waals surface area contributed by atoms with Crippen LogP contribution in [-0.2, 0) is 24.6 Å². The predicted molar refractivity (Wildman–Crippen MR) is 71.7 cm³/mol. The molecule has 0 unspecified atom stereocenters. The summed E-state index contributed by atoms with van der Waals surface area (Å²) in [5.41, 5.74) is 2.56. The summed E-state index contributed by atoms with van der Waals surface area (Å²) in [6.07, 6.45) is 0. The van der Waals surface area contributed by atoms with Crippen LogP contribution < -0.4 is 0 Å². The van der Waals surface area contributed by atoms with Crippen LogP contribution in [0.15, 0.2) is 0 Å². The molecule has 2 fully saturated rings. The first-order chi connectivity index (χ1) is 7.47. The van der Waals surface area contributed by atoms with E-state index in [1.807, 2.05) is 0 Å². The molecule has 0 aromatic carbocycles. The molecule has 0 N–H and O–H groups in total. The zero-order chi connectivity index (χ0) is 13.3. The SMILES string of the molecule is CC1(C)C([CH2][Hg][CH2]C2C(C)(C)C2(C)C)C1(C)C. The summed E-state index contributed by atoms with van der Waals surface area (Å²) in [5.74, 6) is 2.11. The van der Waals surface area contributed by atoms with Gasteiger partial charge in [0.1, 0.15) is 0 Å². The van der Waals surface area contributed by atoms with Gasteiger partial charge in [-0.05, 0) is 0 Å². The van der Waals surface area contributed by atoms with E-state index in [0.717, 1.165) is 11.8 Å². The average molecular weight is 423 g/mol. The Morgan fingerprint density at radius 3 is 1.00 bits per heavy atom. The molecule has 0 radical (unpaired) electrons. The monoisotopic (exact) mass is 424 g/mol. The van der Waals surface area contributed by atoms with Crippen LogP contribution in [0.5, 0.6) is 0 Å². The topological polar surface area (TPSA) is 0 Å². The fourth-order valence-corrected chi connectivity index (χ4v) is 19.9. The molecule has 0 heterocycles. The van der Waals surface area contributed by atoms with Crippen LogP contribution in [0.3, 0.4) is 0 Å². The van der Waals surface area contributed by atoms with Gasteiger partial charge in [0.25, 0.3) is 0 Å². The second-order valence-corrected chi connectivity index (χ2v) is 16.2. The van der Waals surface area contributed by atoms with E-state index in [4.69, 9.17) is 0 Å². The molecule has 0 saturated heterocycles. The van der Waals surface area contributed by atoms with Crippen molar-refractivity contribution < 1.29 is 24.6 Å². The summed E-state index contributed by atoms with van der Waals surface area (Å²) in [4.78, 5) is 0. The van der Waals surface area contributed by atoms with E-state index < -0.39 is 24.6 Å². The van der Waals surface area contributed by atoms with Crippen LogP contribution in [0.25, 0.3) is 0 Å². The molecule has 1 heteroatoms. The first-order valence-electron chi connectivity index (χ1n) is 7.47. The van der Waals surface area contributed by atoms with Crippen molar-refractivity contribution in [3.05, 3.63) is 0 Å².